The molecule has 9 heteroatoms. The fourth-order valence-corrected chi connectivity index (χ4v) is 9.47. The van der Waals surface area contributed by atoms with Gasteiger partial charge in [-0.25, -0.2) is 0 Å². The van der Waals surface area contributed by atoms with Crippen LogP contribution in [-0.2, 0) is 14.3 Å². The summed E-state index contributed by atoms with van der Waals surface area (Å²) in [6.07, 6.45) is 58.1. The van der Waals surface area contributed by atoms with Gasteiger partial charge in [0.1, 0.15) is 24.4 Å². The maximum Gasteiger partial charge on any atom is 0.220 e. The van der Waals surface area contributed by atoms with E-state index >= 15 is 0 Å². The summed E-state index contributed by atoms with van der Waals surface area (Å²) >= 11 is 0. The number of carbonyl (C=O) groups excluding carboxylic acids is 1. The first-order valence-electron chi connectivity index (χ1n) is 29.7. The third kappa shape index (κ3) is 39.6. The number of aliphatic hydroxyl groups excluding tert-OH is 5. The molecule has 6 N–H and O–H groups in total. The van der Waals surface area contributed by atoms with Crippen LogP contribution >= 0.6 is 0 Å². The lowest BCUT2D eigenvalue weighted by molar-refractivity contribution is -0.302. The molecule has 0 aromatic carbocycles. The molecule has 1 saturated heterocycles. The van der Waals surface area contributed by atoms with E-state index in [9.17, 15) is 30.3 Å². The van der Waals surface area contributed by atoms with E-state index in [1.54, 1.807) is 6.08 Å². The molecule has 1 aliphatic heterocycles. The van der Waals surface area contributed by atoms with Crippen molar-refractivity contribution in [3.63, 3.8) is 0 Å². The van der Waals surface area contributed by atoms with Crippen LogP contribution in [0, 0.1) is 0 Å². The lowest BCUT2D eigenvalue weighted by Gasteiger charge is -2.40. The van der Waals surface area contributed by atoms with E-state index in [1.807, 2.05) is 6.08 Å². The number of hydrogen-bond donors (Lipinski definition) is 6. The molecule has 69 heavy (non-hydrogen) atoms. The van der Waals surface area contributed by atoms with Crippen LogP contribution in [0.4, 0.5) is 0 Å². The van der Waals surface area contributed by atoms with Crippen LogP contribution in [0.5, 0.6) is 0 Å². The monoisotopic (exact) mass is 976 g/mol. The van der Waals surface area contributed by atoms with Crippen LogP contribution in [0.15, 0.2) is 36.5 Å². The predicted octanol–water partition coefficient (Wildman–Crippen LogP) is 14.7. The van der Waals surface area contributed by atoms with E-state index in [0.29, 0.717) is 6.42 Å². The lowest BCUT2D eigenvalue weighted by atomic mass is 9.99. The summed E-state index contributed by atoms with van der Waals surface area (Å²) in [4.78, 5) is 13.0. The number of carbonyl (C=O) groups is 1. The second kappa shape index (κ2) is 50.0. The highest BCUT2D eigenvalue weighted by Gasteiger charge is 2.44. The molecule has 0 aromatic rings. The second-order valence-corrected chi connectivity index (χ2v) is 20.8. The molecule has 1 heterocycles. The zero-order valence-corrected chi connectivity index (χ0v) is 45.1. The summed E-state index contributed by atoms with van der Waals surface area (Å²) in [7, 11) is 0. The predicted molar refractivity (Wildman–Crippen MR) is 290 cm³/mol. The average Bonchev–Trinajstić information content (AvgIpc) is 3.35. The van der Waals surface area contributed by atoms with Gasteiger partial charge in [-0.3, -0.25) is 4.79 Å². The van der Waals surface area contributed by atoms with Gasteiger partial charge in [0.2, 0.25) is 5.91 Å². The summed E-state index contributed by atoms with van der Waals surface area (Å²) in [5.41, 5.74) is 0. The smallest absolute Gasteiger partial charge is 0.220 e. The molecule has 0 aromatic heterocycles. The number of hydrogen-bond acceptors (Lipinski definition) is 8. The molecule has 9 nitrogen and oxygen atoms in total. The summed E-state index contributed by atoms with van der Waals surface area (Å²) in [6.45, 7) is 3.75. The Bertz CT molecular complexity index is 1180. The maximum absolute atomic E-state index is 13.0. The number of ether oxygens (including phenoxy) is 2. The number of unbranched alkanes of at least 4 members (excludes halogenated alkanes) is 37. The Morgan fingerprint density at radius 3 is 1.29 bits per heavy atom. The van der Waals surface area contributed by atoms with Crippen LogP contribution in [0.25, 0.3) is 0 Å². The van der Waals surface area contributed by atoms with Crippen molar-refractivity contribution in [2.45, 2.75) is 326 Å². The minimum Gasteiger partial charge on any atom is -0.394 e. The molecule has 0 saturated carbocycles. The van der Waals surface area contributed by atoms with Crippen molar-refractivity contribution < 1.29 is 39.8 Å². The van der Waals surface area contributed by atoms with Gasteiger partial charge in [-0.05, 0) is 44.9 Å². The molecule has 0 aliphatic carbocycles. The molecule has 7 atom stereocenters. The normalized spacial score (nSPS) is 19.7. The Kier molecular flexibility index (Phi) is 47.4. The molecule has 1 rings (SSSR count). The highest BCUT2D eigenvalue weighted by atomic mass is 16.7. The van der Waals surface area contributed by atoms with Crippen molar-refractivity contribution >= 4 is 5.91 Å². The van der Waals surface area contributed by atoms with Gasteiger partial charge in [-0.1, -0.05) is 269 Å². The fourth-order valence-electron chi connectivity index (χ4n) is 9.47. The van der Waals surface area contributed by atoms with Crippen molar-refractivity contribution in [1.82, 2.24) is 5.32 Å². The van der Waals surface area contributed by atoms with Crippen LogP contribution in [0.3, 0.4) is 0 Å². The number of aliphatic hydroxyl groups is 5. The lowest BCUT2D eigenvalue weighted by Crippen LogP contribution is -2.60. The molecule has 0 bridgehead atoms. The fraction of sp³-hybridized carbons (Fsp3) is 0.883. The highest BCUT2D eigenvalue weighted by Crippen LogP contribution is 2.23. The van der Waals surface area contributed by atoms with E-state index in [0.717, 1.165) is 70.6 Å². The summed E-state index contributed by atoms with van der Waals surface area (Å²) in [6, 6.07) is -0.812. The van der Waals surface area contributed by atoms with Crippen molar-refractivity contribution in [3.05, 3.63) is 36.5 Å². The first-order valence-corrected chi connectivity index (χ1v) is 29.7. The molecule has 406 valence electrons. The number of amides is 1. The minimum atomic E-state index is -1.57. The molecular formula is C60H113NO8. The Morgan fingerprint density at radius 1 is 0.493 bits per heavy atom. The molecule has 0 radical (unpaired) electrons. The Hall–Kier alpha value is -1.59. The van der Waals surface area contributed by atoms with Gasteiger partial charge in [0.25, 0.3) is 0 Å². The van der Waals surface area contributed by atoms with E-state index in [-0.39, 0.29) is 12.5 Å². The highest BCUT2D eigenvalue weighted by molar-refractivity contribution is 5.76. The van der Waals surface area contributed by atoms with Gasteiger partial charge >= 0.3 is 0 Å². The van der Waals surface area contributed by atoms with Crippen LogP contribution in [-0.4, -0.2) is 87.5 Å². The van der Waals surface area contributed by atoms with Crippen molar-refractivity contribution in [3.8, 4) is 0 Å². The molecular weight excluding hydrogens is 863 g/mol. The van der Waals surface area contributed by atoms with Gasteiger partial charge in [0, 0.05) is 6.42 Å². The van der Waals surface area contributed by atoms with Crippen LogP contribution in [0.2, 0.25) is 0 Å². The van der Waals surface area contributed by atoms with Crippen molar-refractivity contribution in [1.29, 1.82) is 0 Å². The number of nitrogens with one attached hydrogen (secondary N) is 1. The van der Waals surface area contributed by atoms with Crippen molar-refractivity contribution in [2.75, 3.05) is 13.2 Å². The summed E-state index contributed by atoms with van der Waals surface area (Å²) in [5.74, 6) is -0.189. The van der Waals surface area contributed by atoms with E-state index < -0.39 is 49.5 Å². The average molecular weight is 977 g/mol. The Morgan fingerprint density at radius 2 is 0.870 bits per heavy atom. The van der Waals surface area contributed by atoms with Gasteiger partial charge in [-0.2, -0.15) is 0 Å². The molecule has 0 spiro atoms. The second-order valence-electron chi connectivity index (χ2n) is 20.8. The third-order valence-corrected chi connectivity index (χ3v) is 14.2. The van der Waals surface area contributed by atoms with Crippen LogP contribution < -0.4 is 5.32 Å². The third-order valence-electron chi connectivity index (χ3n) is 14.2. The van der Waals surface area contributed by atoms with E-state index in [2.05, 4.69) is 43.5 Å². The van der Waals surface area contributed by atoms with Gasteiger partial charge in [0.05, 0.1) is 25.4 Å². The quantitative estimate of drug-likeness (QED) is 0.0261. The summed E-state index contributed by atoms with van der Waals surface area (Å²) < 4.78 is 11.3. The van der Waals surface area contributed by atoms with Crippen LogP contribution in [0.1, 0.15) is 284 Å². The zero-order chi connectivity index (χ0) is 50.1. The SMILES string of the molecule is CCCC/C=C\C/C=C\CCCCCCCC(=O)NC(COC1OC(CO)C(O)C(O)C1O)C(O)/C=C/CCCCCCCCCCCCCCCCCCCCCCCCCCCCCCCC. The van der Waals surface area contributed by atoms with E-state index in [1.165, 1.54) is 193 Å². The largest absolute Gasteiger partial charge is 0.394 e. The minimum absolute atomic E-state index is 0.189. The molecule has 1 fully saturated rings. The van der Waals surface area contributed by atoms with Gasteiger partial charge in [0.15, 0.2) is 6.29 Å². The van der Waals surface area contributed by atoms with Gasteiger partial charge in [-0.15, -0.1) is 0 Å². The standard InChI is InChI=1S/C60H113NO8/c1-3-5-7-9-11-13-15-17-19-20-21-22-23-24-25-26-27-28-29-30-31-32-33-34-35-36-37-39-41-43-45-47-49-54(63)53(52-68-60-59(67)58(66)57(65)55(51-62)69-60)61-56(64)50-48-46-44-42-40-38-18-16-14-12-10-8-6-4-2/h10,12,16,18,47,49,53-55,57-60,62-63,65-67H,3-9,11,13-15,17,19-46,48,50-52H2,1-2H3,(H,61,64)/b12-10-,18-16-,49-47+. The summed E-state index contributed by atoms with van der Waals surface area (Å²) in [5, 5.41) is 54.4. The maximum atomic E-state index is 13.0. The Balaban J connectivity index is 2.14. The van der Waals surface area contributed by atoms with Gasteiger partial charge < -0.3 is 40.3 Å². The number of allylic oxidation sites excluding steroid dienone is 5. The molecule has 7 unspecified atom stereocenters. The zero-order valence-electron chi connectivity index (χ0n) is 45.1. The molecule has 1 amide bonds. The number of rotatable bonds is 51. The van der Waals surface area contributed by atoms with E-state index in [4.69, 9.17) is 9.47 Å². The first kappa shape index (κ1) is 65.4. The van der Waals surface area contributed by atoms with Crippen molar-refractivity contribution in [2.24, 2.45) is 0 Å². The topological polar surface area (TPSA) is 149 Å². The molecule has 1 aliphatic rings. The Labute approximate surface area is 425 Å². The first-order chi connectivity index (χ1) is 33.8.